The number of hydrogen-bond acceptors (Lipinski definition) is 0. The molecule has 0 saturated heterocycles. The number of halogens is 1. The van der Waals surface area contributed by atoms with Gasteiger partial charge in [-0.3, -0.25) is 0 Å². The third kappa shape index (κ3) is 2.10. The van der Waals surface area contributed by atoms with Gasteiger partial charge >= 0.3 is 0 Å². The van der Waals surface area contributed by atoms with Crippen molar-refractivity contribution < 1.29 is 0 Å². The van der Waals surface area contributed by atoms with Crippen LogP contribution in [-0.2, 0) is 0 Å². The lowest BCUT2D eigenvalue weighted by molar-refractivity contribution is 0.493. The van der Waals surface area contributed by atoms with Crippen LogP contribution in [0.2, 0.25) is 0 Å². The zero-order valence-corrected chi connectivity index (χ0v) is 7.99. The van der Waals surface area contributed by atoms with Crippen molar-refractivity contribution in [2.75, 3.05) is 0 Å². The third-order valence-corrected chi connectivity index (χ3v) is 2.58. The average Bonchev–Trinajstić information content (AvgIpc) is 2.32. The molecule has 0 spiro atoms. The second kappa shape index (κ2) is 3.02. The van der Waals surface area contributed by atoms with E-state index in [1.807, 2.05) is 6.08 Å². The topological polar surface area (TPSA) is 0 Å². The molecule has 1 heteroatoms. The molecule has 1 aliphatic rings. The zero-order chi connectivity index (χ0) is 8.48. The van der Waals surface area contributed by atoms with Gasteiger partial charge in [0.1, 0.15) is 0 Å². The first-order chi connectivity index (χ1) is 5.04. The fraction of sp³-hybridized carbons (Fsp3) is 0.600. The molecular weight excluding hydrogens is 156 g/mol. The number of rotatable bonds is 2. The highest BCUT2D eigenvalue weighted by atomic mass is 35.5. The maximum atomic E-state index is 6.18. The molecule has 1 unspecified atom stereocenters. The molecule has 0 amide bonds. The van der Waals surface area contributed by atoms with E-state index in [1.165, 1.54) is 12.0 Å². The summed E-state index contributed by atoms with van der Waals surface area (Å²) in [4.78, 5) is -0.0925. The van der Waals surface area contributed by atoms with E-state index in [4.69, 9.17) is 11.6 Å². The minimum atomic E-state index is -0.0925. The Hall–Kier alpha value is -0.230. The first kappa shape index (κ1) is 8.86. The Balaban J connectivity index is 2.66. The van der Waals surface area contributed by atoms with Crippen molar-refractivity contribution >= 4 is 11.6 Å². The summed E-state index contributed by atoms with van der Waals surface area (Å²) in [6.45, 7) is 7.89. The molecule has 0 N–H and O–H groups in total. The van der Waals surface area contributed by atoms with Crippen LogP contribution >= 0.6 is 11.6 Å². The van der Waals surface area contributed by atoms with Crippen LogP contribution < -0.4 is 0 Å². The number of alkyl halides is 1. The minimum absolute atomic E-state index is 0.0925. The minimum Gasteiger partial charge on any atom is -0.119 e. The van der Waals surface area contributed by atoms with Gasteiger partial charge in [0.15, 0.2) is 0 Å². The van der Waals surface area contributed by atoms with Gasteiger partial charge in [0.2, 0.25) is 0 Å². The maximum absolute atomic E-state index is 6.18. The summed E-state index contributed by atoms with van der Waals surface area (Å²) in [6, 6.07) is 0. The highest BCUT2D eigenvalue weighted by Crippen LogP contribution is 2.36. The lowest BCUT2D eigenvalue weighted by atomic mass is 9.95. The second-order valence-electron chi connectivity index (χ2n) is 3.66. The van der Waals surface area contributed by atoms with Gasteiger partial charge in [0.05, 0.1) is 0 Å². The Morgan fingerprint density at radius 3 is 2.64 bits per heavy atom. The first-order valence-corrected chi connectivity index (χ1v) is 4.44. The van der Waals surface area contributed by atoms with Crippen LogP contribution in [0.1, 0.15) is 26.7 Å². The molecule has 1 aliphatic carbocycles. The van der Waals surface area contributed by atoms with Gasteiger partial charge in [-0.05, 0) is 32.6 Å². The van der Waals surface area contributed by atoms with Crippen LogP contribution in [0.3, 0.4) is 0 Å². The van der Waals surface area contributed by atoms with Crippen LogP contribution in [0.5, 0.6) is 0 Å². The van der Waals surface area contributed by atoms with Crippen molar-refractivity contribution in [2.24, 2.45) is 5.92 Å². The van der Waals surface area contributed by atoms with E-state index in [-0.39, 0.29) is 4.87 Å². The highest BCUT2D eigenvalue weighted by molar-refractivity contribution is 6.23. The van der Waals surface area contributed by atoms with E-state index in [2.05, 4.69) is 26.5 Å². The molecule has 0 fully saturated rings. The van der Waals surface area contributed by atoms with Crippen LogP contribution in [-0.4, -0.2) is 4.87 Å². The summed E-state index contributed by atoms with van der Waals surface area (Å²) in [5, 5.41) is 0. The van der Waals surface area contributed by atoms with E-state index in [9.17, 15) is 0 Å². The van der Waals surface area contributed by atoms with Crippen molar-refractivity contribution in [1.82, 2.24) is 0 Å². The summed E-state index contributed by atoms with van der Waals surface area (Å²) in [7, 11) is 0. The number of hydrogen-bond donors (Lipinski definition) is 0. The van der Waals surface area contributed by atoms with Crippen molar-refractivity contribution in [2.45, 2.75) is 31.6 Å². The summed E-state index contributed by atoms with van der Waals surface area (Å²) in [5.41, 5.74) is 1.35. The standard InChI is InChI=1S/C10H15Cl/c1-4-8-5-6-9(7-8)10(2,3)11/h4,7,9H,1,5-6H2,2-3H3. The zero-order valence-electron chi connectivity index (χ0n) is 7.23. The monoisotopic (exact) mass is 170 g/mol. The Kier molecular flexibility index (Phi) is 2.43. The fourth-order valence-corrected chi connectivity index (χ4v) is 1.63. The Morgan fingerprint density at radius 2 is 2.36 bits per heavy atom. The van der Waals surface area contributed by atoms with E-state index in [0.29, 0.717) is 5.92 Å². The Morgan fingerprint density at radius 1 is 1.73 bits per heavy atom. The van der Waals surface area contributed by atoms with Crippen LogP contribution in [0.4, 0.5) is 0 Å². The lowest BCUT2D eigenvalue weighted by Crippen LogP contribution is -2.20. The van der Waals surface area contributed by atoms with Crippen molar-refractivity contribution in [3.05, 3.63) is 24.3 Å². The van der Waals surface area contributed by atoms with Gasteiger partial charge < -0.3 is 0 Å². The van der Waals surface area contributed by atoms with Crippen LogP contribution in [0, 0.1) is 5.92 Å². The highest BCUT2D eigenvalue weighted by Gasteiger charge is 2.28. The van der Waals surface area contributed by atoms with Crippen LogP contribution in [0.25, 0.3) is 0 Å². The Labute approximate surface area is 73.9 Å². The Bertz CT molecular complexity index is 184. The van der Waals surface area contributed by atoms with Crippen LogP contribution in [0.15, 0.2) is 24.3 Å². The third-order valence-electron chi connectivity index (χ3n) is 2.30. The molecule has 0 bridgehead atoms. The van der Waals surface area contributed by atoms with Gasteiger partial charge in [-0.15, -0.1) is 11.6 Å². The maximum Gasteiger partial charge on any atom is 0.0453 e. The predicted molar refractivity (Wildman–Crippen MR) is 50.9 cm³/mol. The molecule has 0 radical (unpaired) electrons. The predicted octanol–water partition coefficient (Wildman–Crippen LogP) is 3.53. The molecule has 62 valence electrons. The molecule has 0 saturated carbocycles. The van der Waals surface area contributed by atoms with Crippen molar-refractivity contribution in [3.63, 3.8) is 0 Å². The van der Waals surface area contributed by atoms with Gasteiger partial charge in [-0.1, -0.05) is 24.3 Å². The molecule has 11 heavy (non-hydrogen) atoms. The molecule has 1 atom stereocenters. The molecule has 0 aromatic carbocycles. The van der Waals surface area contributed by atoms with Gasteiger partial charge in [-0.2, -0.15) is 0 Å². The van der Waals surface area contributed by atoms with E-state index >= 15 is 0 Å². The SMILES string of the molecule is C=CC1=CC(C(C)(C)Cl)CC1. The normalized spacial score (nSPS) is 25.0. The van der Waals surface area contributed by atoms with Gasteiger partial charge in [-0.25, -0.2) is 0 Å². The lowest BCUT2D eigenvalue weighted by Gasteiger charge is -2.21. The molecule has 1 rings (SSSR count). The second-order valence-corrected chi connectivity index (χ2v) is 4.63. The smallest absolute Gasteiger partial charge is 0.0453 e. The van der Waals surface area contributed by atoms with E-state index < -0.39 is 0 Å². The van der Waals surface area contributed by atoms with Crippen molar-refractivity contribution in [3.8, 4) is 0 Å². The summed E-state index contributed by atoms with van der Waals surface area (Å²) < 4.78 is 0. The van der Waals surface area contributed by atoms with Crippen molar-refractivity contribution in [1.29, 1.82) is 0 Å². The van der Waals surface area contributed by atoms with Gasteiger partial charge in [0, 0.05) is 4.87 Å². The first-order valence-electron chi connectivity index (χ1n) is 4.06. The molecule has 0 aliphatic heterocycles. The van der Waals surface area contributed by atoms with E-state index in [1.54, 1.807) is 0 Å². The molecule has 0 nitrogen and oxygen atoms in total. The van der Waals surface area contributed by atoms with Gasteiger partial charge in [0.25, 0.3) is 0 Å². The molecule has 0 aromatic heterocycles. The largest absolute Gasteiger partial charge is 0.119 e. The summed E-state index contributed by atoms with van der Waals surface area (Å²) in [5.74, 6) is 0.525. The molecule has 0 heterocycles. The average molecular weight is 171 g/mol. The number of allylic oxidation sites excluding steroid dienone is 3. The fourth-order valence-electron chi connectivity index (χ4n) is 1.46. The molecule has 0 aromatic rings. The summed E-state index contributed by atoms with van der Waals surface area (Å²) in [6.07, 6.45) is 6.50. The summed E-state index contributed by atoms with van der Waals surface area (Å²) >= 11 is 6.18. The quantitative estimate of drug-likeness (QED) is 0.557. The van der Waals surface area contributed by atoms with E-state index in [0.717, 1.165) is 6.42 Å². The molecular formula is C10H15Cl.